The number of nitrogens with zero attached hydrogens (tertiary/aromatic N) is 1. The molecule has 0 saturated heterocycles. The number of benzene rings is 2. The molecule has 1 N–H and O–H groups in total. The first kappa shape index (κ1) is 18.7. The molecule has 0 fully saturated rings. The second-order valence-electron chi connectivity index (χ2n) is 5.50. The van der Waals surface area contributed by atoms with Crippen molar-refractivity contribution in [3.63, 3.8) is 0 Å². The van der Waals surface area contributed by atoms with Gasteiger partial charge in [-0.15, -0.1) is 0 Å². The van der Waals surface area contributed by atoms with Crippen molar-refractivity contribution in [3.05, 3.63) is 60.8 Å². The summed E-state index contributed by atoms with van der Waals surface area (Å²) in [5, 5.41) is 1.03. The lowest BCUT2D eigenvalue weighted by atomic mass is 10.2. The van der Waals surface area contributed by atoms with E-state index in [4.69, 9.17) is 9.47 Å². The van der Waals surface area contributed by atoms with Gasteiger partial charge in [0.25, 0.3) is 0 Å². The molecule has 138 valence electrons. The highest BCUT2D eigenvalue weighted by atomic mass is 32.2. The van der Waals surface area contributed by atoms with Crippen LogP contribution in [-0.2, 0) is 10.0 Å². The van der Waals surface area contributed by atoms with E-state index in [0.29, 0.717) is 11.5 Å². The summed E-state index contributed by atoms with van der Waals surface area (Å²) in [7, 11) is -2.08. The third-order valence-electron chi connectivity index (χ3n) is 3.73. The third kappa shape index (κ3) is 4.97. The first-order valence-corrected chi connectivity index (χ1v) is 9.64. The first-order chi connectivity index (χ1) is 13.1. The highest BCUT2D eigenvalue weighted by molar-refractivity contribution is 7.89. The second kappa shape index (κ2) is 8.54. The smallest absolute Gasteiger partial charge is 0.241 e. The van der Waals surface area contributed by atoms with Crippen LogP contribution in [0.1, 0.15) is 0 Å². The molecular weight excluding hydrogens is 364 g/mol. The van der Waals surface area contributed by atoms with E-state index in [2.05, 4.69) is 21.5 Å². The van der Waals surface area contributed by atoms with Crippen molar-refractivity contribution >= 4 is 20.9 Å². The number of hydrogen-bond donors (Lipinski definition) is 1. The SMILES string of the molecule is COc1ccc(S(=O)(=O)NCC#CCOc2ccc3cccnc3c2)cc1. The van der Waals surface area contributed by atoms with Crippen molar-refractivity contribution in [3.8, 4) is 23.3 Å². The predicted molar refractivity (Wildman–Crippen MR) is 103 cm³/mol. The standard InChI is InChI=1S/C20H18N2O4S/c1-25-17-8-10-19(11-9-17)27(23,24)22-13-2-3-14-26-18-7-6-16-5-4-12-21-20(16)15-18/h4-12,15,22H,13-14H2,1H3. The summed E-state index contributed by atoms with van der Waals surface area (Å²) in [5.41, 5.74) is 0.843. The lowest BCUT2D eigenvalue weighted by molar-refractivity contribution is 0.370. The lowest BCUT2D eigenvalue weighted by Crippen LogP contribution is -2.24. The van der Waals surface area contributed by atoms with Crippen molar-refractivity contribution in [2.75, 3.05) is 20.3 Å². The molecule has 0 saturated carbocycles. The van der Waals surface area contributed by atoms with Crippen molar-refractivity contribution < 1.29 is 17.9 Å². The molecule has 0 atom stereocenters. The quantitative estimate of drug-likeness (QED) is 0.663. The van der Waals surface area contributed by atoms with Gasteiger partial charge in [-0.3, -0.25) is 4.98 Å². The minimum atomic E-state index is -3.61. The normalized spacial score (nSPS) is 10.9. The lowest BCUT2D eigenvalue weighted by Gasteiger charge is -2.05. The maximum Gasteiger partial charge on any atom is 0.241 e. The number of methoxy groups -OCH3 is 1. The van der Waals surface area contributed by atoms with E-state index in [0.717, 1.165) is 10.9 Å². The fraction of sp³-hybridized carbons (Fsp3) is 0.150. The summed E-state index contributed by atoms with van der Waals surface area (Å²) < 4.78 is 37.3. The Kier molecular flexibility index (Phi) is 5.91. The number of pyridine rings is 1. The van der Waals surface area contributed by atoms with Gasteiger partial charge in [0.15, 0.2) is 0 Å². The van der Waals surface area contributed by atoms with Crippen LogP contribution in [0.25, 0.3) is 10.9 Å². The highest BCUT2D eigenvalue weighted by Crippen LogP contribution is 2.18. The summed E-state index contributed by atoms with van der Waals surface area (Å²) in [4.78, 5) is 4.42. The van der Waals surface area contributed by atoms with Crippen LogP contribution < -0.4 is 14.2 Å². The number of rotatable bonds is 6. The highest BCUT2D eigenvalue weighted by Gasteiger charge is 2.12. The molecular formula is C20H18N2O4S. The van der Waals surface area contributed by atoms with Gasteiger partial charge in [0, 0.05) is 17.6 Å². The molecule has 3 aromatic rings. The topological polar surface area (TPSA) is 77.5 Å². The minimum absolute atomic E-state index is 0.00298. The third-order valence-corrected chi connectivity index (χ3v) is 5.15. The summed E-state index contributed by atoms with van der Waals surface area (Å²) in [6, 6.07) is 15.6. The van der Waals surface area contributed by atoms with Crippen LogP contribution in [0.4, 0.5) is 0 Å². The van der Waals surface area contributed by atoms with E-state index >= 15 is 0 Å². The molecule has 7 heteroatoms. The van der Waals surface area contributed by atoms with E-state index < -0.39 is 10.0 Å². The molecule has 0 aliphatic carbocycles. The van der Waals surface area contributed by atoms with Gasteiger partial charge in [-0.05, 0) is 42.5 Å². The Morgan fingerprint density at radius 3 is 2.59 bits per heavy atom. The number of aromatic nitrogens is 1. The average molecular weight is 382 g/mol. The number of fused-ring (bicyclic) bond motifs is 1. The molecule has 0 unspecified atom stereocenters. The Morgan fingerprint density at radius 1 is 1.04 bits per heavy atom. The van der Waals surface area contributed by atoms with E-state index in [1.54, 1.807) is 18.3 Å². The zero-order valence-electron chi connectivity index (χ0n) is 14.7. The molecule has 1 heterocycles. The second-order valence-corrected chi connectivity index (χ2v) is 7.27. The Hall–Kier alpha value is -3.08. The monoisotopic (exact) mass is 382 g/mol. The van der Waals surface area contributed by atoms with E-state index in [1.807, 2.05) is 30.3 Å². The summed E-state index contributed by atoms with van der Waals surface area (Å²) in [5.74, 6) is 6.77. The molecule has 0 aliphatic heterocycles. The van der Waals surface area contributed by atoms with Gasteiger partial charge in [0.1, 0.15) is 18.1 Å². The number of sulfonamides is 1. The summed E-state index contributed by atoms with van der Waals surface area (Å²) >= 11 is 0. The first-order valence-electron chi connectivity index (χ1n) is 8.15. The number of ether oxygens (including phenoxy) is 2. The van der Waals surface area contributed by atoms with Gasteiger partial charge < -0.3 is 9.47 Å². The molecule has 0 amide bonds. The van der Waals surface area contributed by atoms with E-state index in [9.17, 15) is 8.42 Å². The van der Waals surface area contributed by atoms with Gasteiger partial charge in [0.2, 0.25) is 10.0 Å². The van der Waals surface area contributed by atoms with Crippen molar-refractivity contribution in [2.24, 2.45) is 0 Å². The van der Waals surface area contributed by atoms with E-state index in [1.165, 1.54) is 19.2 Å². The van der Waals surface area contributed by atoms with Crippen LogP contribution in [0.15, 0.2) is 65.7 Å². The fourth-order valence-electron chi connectivity index (χ4n) is 2.34. The molecule has 0 radical (unpaired) electrons. The van der Waals surface area contributed by atoms with Crippen molar-refractivity contribution in [1.29, 1.82) is 0 Å². The predicted octanol–water partition coefficient (Wildman–Crippen LogP) is 2.60. The van der Waals surface area contributed by atoms with Crippen LogP contribution in [-0.4, -0.2) is 33.7 Å². The van der Waals surface area contributed by atoms with Crippen molar-refractivity contribution in [2.45, 2.75) is 4.90 Å². The van der Waals surface area contributed by atoms with Gasteiger partial charge in [-0.25, -0.2) is 8.42 Å². The Labute approximate surface area is 158 Å². The number of hydrogen-bond acceptors (Lipinski definition) is 5. The van der Waals surface area contributed by atoms with Gasteiger partial charge >= 0.3 is 0 Å². The molecule has 6 nitrogen and oxygen atoms in total. The molecule has 0 aliphatic rings. The molecule has 3 rings (SSSR count). The summed E-state index contributed by atoms with van der Waals surface area (Å²) in [6.45, 7) is 0.152. The zero-order chi connectivity index (χ0) is 19.1. The Bertz CT molecular complexity index is 1080. The molecule has 0 spiro atoms. The van der Waals surface area contributed by atoms with Crippen LogP contribution in [0.2, 0.25) is 0 Å². The van der Waals surface area contributed by atoms with Crippen LogP contribution in [0.3, 0.4) is 0 Å². The Balaban J connectivity index is 1.51. The van der Waals surface area contributed by atoms with Gasteiger partial charge in [-0.1, -0.05) is 17.9 Å². The van der Waals surface area contributed by atoms with Gasteiger partial charge in [0.05, 0.1) is 24.1 Å². The van der Waals surface area contributed by atoms with Crippen molar-refractivity contribution in [1.82, 2.24) is 9.71 Å². The Morgan fingerprint density at radius 2 is 1.81 bits per heavy atom. The maximum atomic E-state index is 12.2. The van der Waals surface area contributed by atoms with Crippen LogP contribution >= 0.6 is 0 Å². The molecule has 2 aromatic carbocycles. The van der Waals surface area contributed by atoms with Gasteiger partial charge in [-0.2, -0.15) is 4.72 Å². The maximum absolute atomic E-state index is 12.2. The molecule has 0 bridgehead atoms. The largest absolute Gasteiger partial charge is 0.497 e. The summed E-state index contributed by atoms with van der Waals surface area (Å²) in [6.07, 6.45) is 1.72. The average Bonchev–Trinajstić information content (AvgIpc) is 2.70. The van der Waals surface area contributed by atoms with E-state index in [-0.39, 0.29) is 18.0 Å². The molecule has 1 aromatic heterocycles. The zero-order valence-corrected chi connectivity index (χ0v) is 15.5. The van der Waals surface area contributed by atoms with Crippen LogP contribution in [0.5, 0.6) is 11.5 Å². The fourth-order valence-corrected chi connectivity index (χ4v) is 3.26. The minimum Gasteiger partial charge on any atom is -0.497 e. The number of nitrogens with one attached hydrogen (secondary N) is 1. The van der Waals surface area contributed by atoms with Crippen LogP contribution in [0, 0.1) is 11.8 Å². The molecule has 27 heavy (non-hydrogen) atoms.